The number of carbonyl (C=O) groups is 1. The van der Waals surface area contributed by atoms with Crippen molar-refractivity contribution in [2.75, 3.05) is 6.54 Å². The van der Waals surface area contributed by atoms with E-state index in [0.717, 1.165) is 12.8 Å². The van der Waals surface area contributed by atoms with Gasteiger partial charge in [-0.3, -0.25) is 14.9 Å². The fourth-order valence-electron chi connectivity index (χ4n) is 2.81. The molecule has 0 bridgehead atoms. The third-order valence-electron chi connectivity index (χ3n) is 4.16. The predicted octanol–water partition coefficient (Wildman–Crippen LogP) is 3.95. The minimum absolute atomic E-state index is 0.103. The first-order valence-electron chi connectivity index (χ1n) is 7.14. The molecule has 0 radical (unpaired) electrons. The lowest BCUT2D eigenvalue weighted by atomic mass is 9.76. The van der Waals surface area contributed by atoms with Gasteiger partial charge in [-0.05, 0) is 24.3 Å². The Kier molecular flexibility index (Phi) is 4.83. The number of benzene rings is 1. The van der Waals surface area contributed by atoms with Crippen molar-refractivity contribution in [3.63, 3.8) is 0 Å². The van der Waals surface area contributed by atoms with Gasteiger partial charge in [0.05, 0.1) is 10.5 Å². The van der Waals surface area contributed by atoms with Crippen LogP contribution in [-0.2, 0) is 0 Å². The van der Waals surface area contributed by atoms with Gasteiger partial charge in [0.25, 0.3) is 11.6 Å². The Bertz CT molecular complexity index is 554. The number of hydrogen-bond acceptors (Lipinski definition) is 3. The molecule has 1 aromatic carbocycles. The van der Waals surface area contributed by atoms with E-state index in [-0.39, 0.29) is 27.6 Å². The molecule has 1 saturated carbocycles. The Morgan fingerprint density at radius 1 is 1.38 bits per heavy atom. The highest BCUT2D eigenvalue weighted by atomic mass is 35.5. The van der Waals surface area contributed by atoms with Gasteiger partial charge in [-0.1, -0.05) is 43.9 Å². The summed E-state index contributed by atoms with van der Waals surface area (Å²) in [6.07, 6.45) is 5.81. The number of carbonyl (C=O) groups excluding carboxylic acids is 1. The molecule has 1 amide bonds. The summed E-state index contributed by atoms with van der Waals surface area (Å²) in [6.45, 7) is 2.74. The third kappa shape index (κ3) is 3.73. The van der Waals surface area contributed by atoms with Crippen LogP contribution >= 0.6 is 11.6 Å². The summed E-state index contributed by atoms with van der Waals surface area (Å²) in [5.74, 6) is -0.351. The van der Waals surface area contributed by atoms with Crippen molar-refractivity contribution in [1.82, 2.24) is 5.32 Å². The van der Waals surface area contributed by atoms with Crippen molar-refractivity contribution in [3.8, 4) is 0 Å². The quantitative estimate of drug-likeness (QED) is 0.676. The number of rotatable bonds is 4. The minimum Gasteiger partial charge on any atom is -0.351 e. The molecule has 0 unspecified atom stereocenters. The molecule has 5 nitrogen and oxygen atoms in total. The topological polar surface area (TPSA) is 72.2 Å². The Morgan fingerprint density at radius 2 is 2.05 bits per heavy atom. The normalized spacial score (nSPS) is 17.2. The van der Waals surface area contributed by atoms with E-state index < -0.39 is 4.92 Å². The highest BCUT2D eigenvalue weighted by Crippen LogP contribution is 2.35. The van der Waals surface area contributed by atoms with E-state index in [9.17, 15) is 14.9 Å². The fraction of sp³-hybridized carbons (Fsp3) is 0.533. The molecule has 21 heavy (non-hydrogen) atoms. The first-order chi connectivity index (χ1) is 9.93. The standard InChI is InChI=1S/C15H19ClN2O3/c1-15(8-3-2-4-9-15)10-17-14(19)11-6-5-7-12(13(11)16)18(20)21/h5-7H,2-4,8-10H2,1H3,(H,17,19). The maximum Gasteiger partial charge on any atom is 0.288 e. The van der Waals surface area contributed by atoms with E-state index in [4.69, 9.17) is 11.6 Å². The average molecular weight is 311 g/mol. The van der Waals surface area contributed by atoms with Crippen LogP contribution in [0.2, 0.25) is 5.02 Å². The van der Waals surface area contributed by atoms with Crippen LogP contribution in [0.4, 0.5) is 5.69 Å². The maximum absolute atomic E-state index is 12.2. The molecule has 0 aromatic heterocycles. The molecule has 1 aliphatic rings. The summed E-state index contributed by atoms with van der Waals surface area (Å²) in [7, 11) is 0. The zero-order chi connectivity index (χ0) is 15.5. The number of nitro benzene ring substituents is 1. The largest absolute Gasteiger partial charge is 0.351 e. The van der Waals surface area contributed by atoms with Crippen LogP contribution in [0, 0.1) is 15.5 Å². The molecular formula is C15H19ClN2O3. The minimum atomic E-state index is -0.582. The van der Waals surface area contributed by atoms with Crippen LogP contribution in [0.5, 0.6) is 0 Å². The third-order valence-corrected chi connectivity index (χ3v) is 4.55. The second-order valence-electron chi connectivity index (χ2n) is 5.95. The van der Waals surface area contributed by atoms with Crippen LogP contribution in [0.3, 0.4) is 0 Å². The van der Waals surface area contributed by atoms with Gasteiger partial charge in [-0.2, -0.15) is 0 Å². The zero-order valence-corrected chi connectivity index (χ0v) is 12.8. The summed E-state index contributed by atoms with van der Waals surface area (Å²) in [5.41, 5.74) is 0.0275. The number of amides is 1. The molecule has 114 valence electrons. The average Bonchev–Trinajstić information content (AvgIpc) is 2.45. The molecule has 1 fully saturated rings. The Hall–Kier alpha value is -1.62. The lowest BCUT2D eigenvalue weighted by Crippen LogP contribution is -2.37. The molecule has 0 aliphatic heterocycles. The van der Waals surface area contributed by atoms with Crippen molar-refractivity contribution in [3.05, 3.63) is 38.9 Å². The number of nitrogens with zero attached hydrogens (tertiary/aromatic N) is 1. The van der Waals surface area contributed by atoms with Gasteiger partial charge in [-0.25, -0.2) is 0 Å². The van der Waals surface area contributed by atoms with Crippen LogP contribution < -0.4 is 5.32 Å². The predicted molar refractivity (Wildman–Crippen MR) is 81.6 cm³/mol. The van der Waals surface area contributed by atoms with Crippen LogP contribution in [0.1, 0.15) is 49.4 Å². The molecule has 1 N–H and O–H groups in total. The highest BCUT2D eigenvalue weighted by molar-refractivity contribution is 6.35. The van der Waals surface area contributed by atoms with E-state index in [0.29, 0.717) is 6.54 Å². The molecule has 2 rings (SSSR count). The highest BCUT2D eigenvalue weighted by Gasteiger charge is 2.28. The Balaban J connectivity index is 2.07. The van der Waals surface area contributed by atoms with Crippen molar-refractivity contribution >= 4 is 23.2 Å². The summed E-state index contributed by atoms with van der Waals surface area (Å²) >= 11 is 5.95. The monoisotopic (exact) mass is 310 g/mol. The maximum atomic E-state index is 12.2. The van der Waals surface area contributed by atoms with E-state index in [1.807, 2.05) is 0 Å². The number of hydrogen-bond donors (Lipinski definition) is 1. The van der Waals surface area contributed by atoms with Crippen LogP contribution in [-0.4, -0.2) is 17.4 Å². The number of nitrogens with one attached hydrogen (secondary N) is 1. The lowest BCUT2D eigenvalue weighted by molar-refractivity contribution is -0.384. The van der Waals surface area contributed by atoms with Crippen LogP contribution in [0.15, 0.2) is 18.2 Å². The van der Waals surface area contributed by atoms with Gasteiger partial charge in [0.15, 0.2) is 0 Å². The molecule has 1 aliphatic carbocycles. The molecule has 6 heteroatoms. The first kappa shape index (κ1) is 15.8. The zero-order valence-electron chi connectivity index (χ0n) is 12.0. The first-order valence-corrected chi connectivity index (χ1v) is 7.52. The van der Waals surface area contributed by atoms with Gasteiger partial charge in [0.1, 0.15) is 5.02 Å². The second-order valence-corrected chi connectivity index (χ2v) is 6.33. The van der Waals surface area contributed by atoms with Gasteiger partial charge in [0, 0.05) is 12.6 Å². The SMILES string of the molecule is CC1(CNC(=O)c2cccc([N+](=O)[O-])c2Cl)CCCCC1. The summed E-state index contributed by atoms with van der Waals surface area (Å²) in [5, 5.41) is 13.6. The Morgan fingerprint density at radius 3 is 2.67 bits per heavy atom. The number of halogens is 1. The molecule has 0 spiro atoms. The molecule has 0 atom stereocenters. The Labute approximate surface area is 128 Å². The van der Waals surface area contributed by atoms with Crippen molar-refractivity contribution < 1.29 is 9.72 Å². The summed E-state index contributed by atoms with van der Waals surface area (Å²) < 4.78 is 0. The van der Waals surface area contributed by atoms with Crippen molar-refractivity contribution in [2.24, 2.45) is 5.41 Å². The van der Waals surface area contributed by atoms with E-state index in [1.54, 1.807) is 0 Å². The van der Waals surface area contributed by atoms with Crippen molar-refractivity contribution in [1.29, 1.82) is 0 Å². The van der Waals surface area contributed by atoms with Gasteiger partial charge < -0.3 is 5.32 Å². The molecular weight excluding hydrogens is 292 g/mol. The fourth-order valence-corrected chi connectivity index (χ4v) is 3.09. The summed E-state index contributed by atoms with van der Waals surface area (Å²) in [4.78, 5) is 22.5. The van der Waals surface area contributed by atoms with Gasteiger partial charge in [-0.15, -0.1) is 0 Å². The van der Waals surface area contributed by atoms with E-state index >= 15 is 0 Å². The molecule has 0 heterocycles. The van der Waals surface area contributed by atoms with Gasteiger partial charge >= 0.3 is 0 Å². The smallest absolute Gasteiger partial charge is 0.288 e. The van der Waals surface area contributed by atoms with E-state index in [2.05, 4.69) is 12.2 Å². The number of nitro groups is 1. The van der Waals surface area contributed by atoms with Crippen molar-refractivity contribution in [2.45, 2.75) is 39.0 Å². The second kappa shape index (κ2) is 6.43. The molecule has 1 aromatic rings. The van der Waals surface area contributed by atoms with Gasteiger partial charge in [0.2, 0.25) is 0 Å². The molecule has 0 saturated heterocycles. The lowest BCUT2D eigenvalue weighted by Gasteiger charge is -2.33. The van der Waals surface area contributed by atoms with Crippen LogP contribution in [0.25, 0.3) is 0 Å². The summed E-state index contributed by atoms with van der Waals surface area (Å²) in [6, 6.07) is 4.27. The van der Waals surface area contributed by atoms with E-state index in [1.165, 1.54) is 37.5 Å².